The van der Waals surface area contributed by atoms with Gasteiger partial charge in [-0.05, 0) is 42.7 Å². The Bertz CT molecular complexity index is 1200. The van der Waals surface area contributed by atoms with Gasteiger partial charge in [-0.15, -0.1) is 0 Å². The van der Waals surface area contributed by atoms with Crippen LogP contribution in [-0.4, -0.2) is 43.6 Å². The van der Waals surface area contributed by atoms with E-state index in [1.54, 1.807) is 18.6 Å². The van der Waals surface area contributed by atoms with Crippen LogP contribution in [0.15, 0.2) is 66.1 Å². The average Bonchev–Trinajstić information content (AvgIpc) is 3.46. The van der Waals surface area contributed by atoms with Crippen LogP contribution in [0.3, 0.4) is 0 Å². The highest BCUT2D eigenvalue weighted by Crippen LogP contribution is 2.34. The third-order valence-electron chi connectivity index (χ3n) is 5.17. The molecule has 2 aromatic carbocycles. The van der Waals surface area contributed by atoms with Crippen molar-refractivity contribution in [2.75, 3.05) is 24.0 Å². The minimum absolute atomic E-state index is 0.0792. The molecule has 1 N–H and O–H groups in total. The molecule has 0 atom stereocenters. The maximum absolute atomic E-state index is 13.1. The van der Waals surface area contributed by atoms with Crippen molar-refractivity contribution in [2.45, 2.75) is 24.3 Å². The molecule has 1 aromatic heterocycles. The normalized spacial score (nSPS) is 13.1. The number of ether oxygens (including phenoxy) is 1. The highest BCUT2D eigenvalue weighted by molar-refractivity contribution is 7.92. The smallest absolute Gasteiger partial charge is 0.264 e. The van der Waals surface area contributed by atoms with Crippen molar-refractivity contribution in [1.82, 2.24) is 14.9 Å². The first kappa shape index (κ1) is 22.2. The number of hydrogen-bond donors (Lipinski definition) is 1. The van der Waals surface area contributed by atoms with E-state index in [0.717, 1.165) is 18.5 Å². The van der Waals surface area contributed by atoms with Crippen LogP contribution in [0.4, 0.5) is 5.69 Å². The summed E-state index contributed by atoms with van der Waals surface area (Å²) in [5.74, 6) is -0.0296. The highest BCUT2D eigenvalue weighted by Gasteiger charge is 2.31. The molecule has 0 bridgehead atoms. The zero-order valence-corrected chi connectivity index (χ0v) is 18.8. The zero-order chi connectivity index (χ0) is 22.6. The largest absolute Gasteiger partial charge is 0.482 e. The minimum Gasteiger partial charge on any atom is -0.482 e. The zero-order valence-electron chi connectivity index (χ0n) is 17.3. The van der Waals surface area contributed by atoms with Gasteiger partial charge in [0, 0.05) is 32.0 Å². The molecule has 1 aliphatic rings. The van der Waals surface area contributed by atoms with Gasteiger partial charge in [0.1, 0.15) is 5.75 Å². The lowest BCUT2D eigenvalue weighted by molar-refractivity contribution is -0.123. The molecule has 1 aliphatic heterocycles. The number of rotatable bonds is 9. The third-order valence-corrected chi connectivity index (χ3v) is 7.27. The lowest BCUT2D eigenvalue weighted by Crippen LogP contribution is -2.30. The molecule has 0 fully saturated rings. The Labute approximate surface area is 191 Å². The van der Waals surface area contributed by atoms with Gasteiger partial charge in [0.25, 0.3) is 15.9 Å². The van der Waals surface area contributed by atoms with Gasteiger partial charge in [0.2, 0.25) is 0 Å². The predicted octanol–water partition coefficient (Wildman–Crippen LogP) is 2.87. The number of halogens is 1. The van der Waals surface area contributed by atoms with Gasteiger partial charge in [0.15, 0.2) is 6.61 Å². The number of nitrogens with zero attached hydrogens (tertiary/aromatic N) is 3. The molecule has 10 heteroatoms. The van der Waals surface area contributed by atoms with E-state index < -0.39 is 10.0 Å². The van der Waals surface area contributed by atoms with Gasteiger partial charge < -0.3 is 14.6 Å². The number of carbonyl (C=O) groups excluding carboxylic acids is 1. The van der Waals surface area contributed by atoms with Gasteiger partial charge in [-0.25, -0.2) is 13.4 Å². The summed E-state index contributed by atoms with van der Waals surface area (Å²) in [6, 6.07) is 11.7. The van der Waals surface area contributed by atoms with Crippen LogP contribution in [0.25, 0.3) is 0 Å². The number of hydrogen-bond acceptors (Lipinski definition) is 5. The monoisotopic (exact) mass is 474 g/mol. The number of fused-ring (bicyclic) bond motifs is 1. The van der Waals surface area contributed by atoms with E-state index in [2.05, 4.69) is 10.3 Å². The van der Waals surface area contributed by atoms with Crippen molar-refractivity contribution < 1.29 is 17.9 Å². The number of aryl methyl sites for hydroxylation is 1. The summed E-state index contributed by atoms with van der Waals surface area (Å²) < 4.78 is 35.0. The fourth-order valence-electron chi connectivity index (χ4n) is 3.55. The van der Waals surface area contributed by atoms with E-state index >= 15 is 0 Å². The van der Waals surface area contributed by atoms with Crippen LogP contribution in [-0.2, 0) is 27.8 Å². The van der Waals surface area contributed by atoms with Gasteiger partial charge in [-0.1, -0.05) is 29.8 Å². The van der Waals surface area contributed by atoms with Crippen molar-refractivity contribution in [3.05, 3.63) is 71.8 Å². The minimum atomic E-state index is -3.75. The number of anilines is 1. The molecule has 3 aromatic rings. The Balaban J connectivity index is 1.32. The average molecular weight is 475 g/mol. The first-order valence-corrected chi connectivity index (χ1v) is 12.0. The number of nitrogens with one attached hydrogen (secondary N) is 1. The molecule has 0 spiro atoms. The summed E-state index contributed by atoms with van der Waals surface area (Å²) >= 11 is 6.26. The van der Waals surface area contributed by atoms with Crippen molar-refractivity contribution in [3.63, 3.8) is 0 Å². The molecule has 0 unspecified atom stereocenters. The van der Waals surface area contributed by atoms with E-state index in [-0.39, 0.29) is 28.2 Å². The number of imidazole rings is 1. The fraction of sp³-hybridized carbons (Fsp3) is 0.273. The standard InChI is InChI=1S/C22H23ClN4O4S/c23-19-14-18(32(29,30)27-12-8-17-4-1-2-5-20(17)27)6-7-21(19)31-15-22(28)25-9-3-11-26-13-10-24-16-26/h1-2,4-7,10,13-14,16H,3,8-9,11-12,15H2,(H,25,28). The van der Waals surface area contributed by atoms with Crippen molar-refractivity contribution in [2.24, 2.45) is 0 Å². The van der Waals surface area contributed by atoms with E-state index in [9.17, 15) is 13.2 Å². The fourth-order valence-corrected chi connectivity index (χ4v) is 5.38. The summed E-state index contributed by atoms with van der Waals surface area (Å²) in [5, 5.41) is 2.90. The number of aromatic nitrogens is 2. The number of carbonyl (C=O) groups is 1. The number of benzene rings is 2. The predicted molar refractivity (Wildman–Crippen MR) is 121 cm³/mol. The van der Waals surface area contributed by atoms with Crippen LogP contribution in [0.5, 0.6) is 5.75 Å². The highest BCUT2D eigenvalue weighted by atomic mass is 35.5. The van der Waals surface area contributed by atoms with Crippen LogP contribution in [0.2, 0.25) is 5.02 Å². The first-order valence-electron chi connectivity index (χ1n) is 10.2. The molecule has 8 nitrogen and oxygen atoms in total. The van der Waals surface area contributed by atoms with Crippen LogP contribution >= 0.6 is 11.6 Å². The molecule has 2 heterocycles. The Morgan fingerprint density at radius 3 is 2.84 bits per heavy atom. The van der Waals surface area contributed by atoms with Crippen LogP contribution in [0.1, 0.15) is 12.0 Å². The second kappa shape index (κ2) is 9.62. The lowest BCUT2D eigenvalue weighted by atomic mass is 10.2. The second-order valence-electron chi connectivity index (χ2n) is 7.34. The SMILES string of the molecule is O=C(COc1ccc(S(=O)(=O)N2CCc3ccccc32)cc1Cl)NCCCn1ccnc1. The van der Waals surface area contributed by atoms with E-state index in [0.29, 0.717) is 25.2 Å². The Morgan fingerprint density at radius 1 is 1.22 bits per heavy atom. The van der Waals surface area contributed by atoms with E-state index in [1.165, 1.54) is 22.5 Å². The summed E-state index contributed by atoms with van der Waals surface area (Å²) in [5.41, 5.74) is 1.69. The van der Waals surface area contributed by atoms with Crippen molar-refractivity contribution in [1.29, 1.82) is 0 Å². The van der Waals surface area contributed by atoms with Crippen molar-refractivity contribution >= 4 is 33.2 Å². The Hall–Kier alpha value is -3.04. The molecule has 4 rings (SSSR count). The molecule has 0 radical (unpaired) electrons. The van der Waals surface area contributed by atoms with Gasteiger partial charge in [0.05, 0.1) is 21.9 Å². The molecule has 0 aliphatic carbocycles. The van der Waals surface area contributed by atoms with Crippen molar-refractivity contribution in [3.8, 4) is 5.75 Å². The number of sulfonamides is 1. The maximum Gasteiger partial charge on any atom is 0.264 e. The summed E-state index contributed by atoms with van der Waals surface area (Å²) in [7, 11) is -3.75. The quantitative estimate of drug-likeness (QED) is 0.481. The molecule has 0 saturated heterocycles. The second-order valence-corrected chi connectivity index (χ2v) is 9.61. The summed E-state index contributed by atoms with van der Waals surface area (Å²) in [6.07, 6.45) is 6.71. The molecule has 32 heavy (non-hydrogen) atoms. The van der Waals surface area contributed by atoms with E-state index in [1.807, 2.05) is 29.0 Å². The maximum atomic E-state index is 13.1. The molecular formula is C22H23ClN4O4S. The number of para-hydroxylation sites is 1. The van der Waals surface area contributed by atoms with Crippen LogP contribution < -0.4 is 14.4 Å². The first-order chi connectivity index (χ1) is 15.4. The van der Waals surface area contributed by atoms with Crippen LogP contribution in [0, 0.1) is 0 Å². The molecule has 0 saturated carbocycles. The molecule has 1 amide bonds. The lowest BCUT2D eigenvalue weighted by Gasteiger charge is -2.20. The topological polar surface area (TPSA) is 93.5 Å². The summed E-state index contributed by atoms with van der Waals surface area (Å²) in [4.78, 5) is 16.0. The van der Waals surface area contributed by atoms with E-state index in [4.69, 9.17) is 16.3 Å². The van der Waals surface area contributed by atoms with Gasteiger partial charge >= 0.3 is 0 Å². The molecule has 168 valence electrons. The Morgan fingerprint density at radius 2 is 2.06 bits per heavy atom. The summed E-state index contributed by atoms with van der Waals surface area (Å²) in [6.45, 7) is 1.43. The third kappa shape index (κ3) is 4.89. The van der Waals surface area contributed by atoms with Gasteiger partial charge in [-0.2, -0.15) is 0 Å². The molecular weight excluding hydrogens is 452 g/mol. The van der Waals surface area contributed by atoms with Gasteiger partial charge in [-0.3, -0.25) is 9.10 Å². The Kier molecular flexibility index (Phi) is 6.66. The number of amides is 1.